The van der Waals surface area contributed by atoms with Crippen LogP contribution in [0.3, 0.4) is 0 Å². The third-order valence-electron chi connectivity index (χ3n) is 14.3. The van der Waals surface area contributed by atoms with E-state index in [0.29, 0.717) is 11.1 Å². The summed E-state index contributed by atoms with van der Waals surface area (Å²) < 4.78 is 4.75. The molecule has 0 aliphatic heterocycles. The Morgan fingerprint density at radius 1 is 0.286 bits per heavy atom. The molecule has 0 aliphatic carbocycles. The van der Waals surface area contributed by atoms with E-state index in [1.54, 1.807) is 0 Å². The van der Waals surface area contributed by atoms with Gasteiger partial charge in [0.2, 0.25) is 0 Å². The Hall–Kier alpha value is -9.88. The Labute approximate surface area is 402 Å². The molecule has 0 saturated carbocycles. The normalized spacial score (nSPS) is 11.7. The highest BCUT2D eigenvalue weighted by Gasteiger charge is 2.26. The predicted molar refractivity (Wildman–Crippen MR) is 289 cm³/mol. The summed E-state index contributed by atoms with van der Waals surface area (Å²) in [5.74, 6) is 0. The average Bonchev–Trinajstić information content (AvgIpc) is 3.96. The maximum Gasteiger partial charge on any atom is 0.0991 e. The van der Waals surface area contributed by atoms with Crippen molar-refractivity contribution in [2.75, 3.05) is 9.80 Å². The van der Waals surface area contributed by atoms with E-state index in [-0.39, 0.29) is 0 Å². The molecule has 6 nitrogen and oxygen atoms in total. The van der Waals surface area contributed by atoms with E-state index in [4.69, 9.17) is 0 Å². The molecule has 324 valence electrons. The quantitative estimate of drug-likeness (QED) is 0.143. The number of aromatic nitrogens is 2. The predicted octanol–water partition coefficient (Wildman–Crippen LogP) is 16.9. The second-order valence-corrected chi connectivity index (χ2v) is 17.9. The van der Waals surface area contributed by atoms with Crippen molar-refractivity contribution in [3.05, 3.63) is 242 Å². The third-order valence-corrected chi connectivity index (χ3v) is 14.3. The van der Waals surface area contributed by atoms with Crippen molar-refractivity contribution in [3.8, 4) is 23.5 Å². The first kappa shape index (κ1) is 39.3. The number of fused-ring (bicyclic) bond motifs is 1. The second kappa shape index (κ2) is 15.3. The Morgan fingerprint density at radius 2 is 0.671 bits per heavy atom. The highest BCUT2D eigenvalue weighted by molar-refractivity contribution is 6.29. The van der Waals surface area contributed by atoms with Gasteiger partial charge in [-0.1, -0.05) is 109 Å². The maximum absolute atomic E-state index is 9.95. The van der Waals surface area contributed by atoms with E-state index in [1.807, 2.05) is 24.3 Å². The standard InChI is InChI=1S/C64H38N6/c65-39-41-23-29-47(30-24-41)67(55-35-37-59-63-51(55)33-27-43-11-7-21-57(61(43)63)69(59)45-13-3-1-4-14-45)53-19-9-18-50-49(53)17-10-20-54(50)68(48-31-25-42(40-66)26-32-48)56-36-38-60-64-52(56)34-28-44-12-8-22-58(62(44)64)70(60)46-15-5-2-6-16-46/h1-38H. The number of anilines is 6. The van der Waals surface area contributed by atoms with Gasteiger partial charge in [-0.3, -0.25) is 0 Å². The molecule has 0 spiro atoms. The first-order chi connectivity index (χ1) is 34.7. The maximum atomic E-state index is 9.95. The van der Waals surface area contributed by atoms with Gasteiger partial charge in [-0.05, 0) is 132 Å². The van der Waals surface area contributed by atoms with Gasteiger partial charge in [0, 0.05) is 65.8 Å². The zero-order chi connectivity index (χ0) is 46.5. The molecule has 0 saturated heterocycles. The lowest BCUT2D eigenvalue weighted by Gasteiger charge is -2.31. The van der Waals surface area contributed by atoms with Crippen LogP contribution in [0.2, 0.25) is 0 Å². The van der Waals surface area contributed by atoms with Gasteiger partial charge < -0.3 is 18.9 Å². The van der Waals surface area contributed by atoms with Gasteiger partial charge in [-0.2, -0.15) is 10.5 Å². The van der Waals surface area contributed by atoms with Gasteiger partial charge in [0.05, 0.1) is 68.1 Å². The first-order valence-corrected chi connectivity index (χ1v) is 23.5. The van der Waals surface area contributed by atoms with Crippen LogP contribution in [0.4, 0.5) is 34.1 Å². The van der Waals surface area contributed by atoms with Crippen LogP contribution in [0.5, 0.6) is 0 Å². The number of hydrogen-bond donors (Lipinski definition) is 0. The van der Waals surface area contributed by atoms with Crippen molar-refractivity contribution in [3.63, 3.8) is 0 Å². The Kier molecular flexibility index (Phi) is 8.61. The van der Waals surface area contributed by atoms with Crippen molar-refractivity contribution in [1.29, 1.82) is 10.5 Å². The molecule has 0 fully saturated rings. The van der Waals surface area contributed by atoms with Crippen molar-refractivity contribution >= 4 is 110 Å². The monoisotopic (exact) mass is 890 g/mol. The molecule has 70 heavy (non-hydrogen) atoms. The van der Waals surface area contributed by atoms with E-state index in [0.717, 1.165) is 89.1 Å². The number of hydrogen-bond acceptors (Lipinski definition) is 4. The van der Waals surface area contributed by atoms with Gasteiger partial charge in [0.25, 0.3) is 0 Å². The average molecular weight is 891 g/mol. The van der Waals surface area contributed by atoms with Crippen molar-refractivity contribution < 1.29 is 0 Å². The summed E-state index contributed by atoms with van der Waals surface area (Å²) in [5, 5.41) is 31.5. The highest BCUT2D eigenvalue weighted by Crippen LogP contribution is 2.51. The minimum Gasteiger partial charge on any atom is -0.309 e. The van der Waals surface area contributed by atoms with E-state index in [9.17, 15) is 10.5 Å². The van der Waals surface area contributed by atoms with Crippen molar-refractivity contribution in [2.45, 2.75) is 0 Å². The van der Waals surface area contributed by atoms with E-state index < -0.39 is 0 Å². The van der Waals surface area contributed by atoms with Crippen LogP contribution in [-0.4, -0.2) is 9.13 Å². The van der Waals surface area contributed by atoms with Gasteiger partial charge >= 0.3 is 0 Å². The SMILES string of the molecule is N#Cc1ccc(N(c2cccc3c(N(c4ccc(C#N)cc4)c4ccc5c6c4ccc4cccc(c46)n5-c4ccccc4)cccc23)c2ccc3c4c2ccc2cccc(c24)n3-c2ccccc2)cc1. The summed E-state index contributed by atoms with van der Waals surface area (Å²) in [4.78, 5) is 4.72. The van der Waals surface area contributed by atoms with Gasteiger partial charge in [0.15, 0.2) is 0 Å². The first-order valence-electron chi connectivity index (χ1n) is 23.5. The van der Waals surface area contributed by atoms with Crippen LogP contribution in [0.25, 0.3) is 87.3 Å². The number of rotatable bonds is 8. The molecule has 0 N–H and O–H groups in total. The molecule has 0 bridgehead atoms. The molecule has 14 aromatic rings. The highest BCUT2D eigenvalue weighted by atomic mass is 15.2. The number of benzene rings is 12. The number of para-hydroxylation sites is 2. The Bertz CT molecular complexity index is 4130. The minimum absolute atomic E-state index is 0.600. The van der Waals surface area contributed by atoms with Crippen LogP contribution < -0.4 is 9.80 Å². The molecule has 0 aliphatic rings. The van der Waals surface area contributed by atoms with E-state index in [2.05, 4.69) is 237 Å². The molecule has 0 radical (unpaired) electrons. The van der Waals surface area contributed by atoms with Crippen LogP contribution in [-0.2, 0) is 0 Å². The minimum atomic E-state index is 0.600. The fourth-order valence-corrected chi connectivity index (χ4v) is 11.3. The molecule has 0 amide bonds. The lowest BCUT2D eigenvalue weighted by molar-refractivity contribution is 1.18. The van der Waals surface area contributed by atoms with Crippen LogP contribution in [0.1, 0.15) is 11.1 Å². The molecule has 0 atom stereocenters. The van der Waals surface area contributed by atoms with Crippen LogP contribution in [0, 0.1) is 22.7 Å². The molecule has 12 aromatic carbocycles. The van der Waals surface area contributed by atoms with Crippen LogP contribution >= 0.6 is 0 Å². The largest absolute Gasteiger partial charge is 0.309 e. The molecule has 2 aromatic heterocycles. The van der Waals surface area contributed by atoms with Crippen molar-refractivity contribution in [2.24, 2.45) is 0 Å². The lowest BCUT2D eigenvalue weighted by Crippen LogP contribution is -2.13. The lowest BCUT2D eigenvalue weighted by atomic mass is 9.98. The van der Waals surface area contributed by atoms with E-state index in [1.165, 1.54) is 32.3 Å². The molecular formula is C64H38N6. The Balaban J connectivity index is 1.02. The zero-order valence-corrected chi connectivity index (χ0v) is 37.6. The van der Waals surface area contributed by atoms with E-state index >= 15 is 0 Å². The molecule has 6 heteroatoms. The fraction of sp³-hybridized carbons (Fsp3) is 0. The smallest absolute Gasteiger partial charge is 0.0991 e. The summed E-state index contributed by atoms with van der Waals surface area (Å²) in [6, 6.07) is 86.1. The Morgan fingerprint density at radius 3 is 1.09 bits per heavy atom. The third kappa shape index (κ3) is 5.72. The zero-order valence-electron chi connectivity index (χ0n) is 37.6. The van der Waals surface area contributed by atoms with Gasteiger partial charge in [0.1, 0.15) is 0 Å². The summed E-state index contributed by atoms with van der Waals surface area (Å²) in [7, 11) is 0. The topological polar surface area (TPSA) is 63.9 Å². The molecule has 2 heterocycles. The van der Waals surface area contributed by atoms with Gasteiger partial charge in [-0.25, -0.2) is 0 Å². The summed E-state index contributed by atoms with van der Waals surface area (Å²) in [5.41, 5.74) is 14.0. The summed E-state index contributed by atoms with van der Waals surface area (Å²) in [6.45, 7) is 0. The second-order valence-electron chi connectivity index (χ2n) is 17.9. The van der Waals surface area contributed by atoms with Crippen LogP contribution in [0.15, 0.2) is 231 Å². The van der Waals surface area contributed by atoms with Gasteiger partial charge in [-0.15, -0.1) is 0 Å². The molecule has 14 rings (SSSR count). The number of nitriles is 2. The molecule has 0 unspecified atom stereocenters. The summed E-state index contributed by atoms with van der Waals surface area (Å²) in [6.07, 6.45) is 0. The number of nitrogens with zero attached hydrogens (tertiary/aromatic N) is 6. The molecular weight excluding hydrogens is 853 g/mol. The fourth-order valence-electron chi connectivity index (χ4n) is 11.3. The van der Waals surface area contributed by atoms with Crippen molar-refractivity contribution in [1.82, 2.24) is 9.13 Å². The summed E-state index contributed by atoms with van der Waals surface area (Å²) >= 11 is 0.